The van der Waals surface area contributed by atoms with Gasteiger partial charge in [0.25, 0.3) is 0 Å². The molecule has 0 bridgehead atoms. The van der Waals surface area contributed by atoms with E-state index in [1.807, 2.05) is 0 Å². The van der Waals surface area contributed by atoms with Crippen LogP contribution in [0.1, 0.15) is 25.0 Å². The highest BCUT2D eigenvalue weighted by molar-refractivity contribution is 5.62. The van der Waals surface area contributed by atoms with E-state index >= 15 is 0 Å². The fourth-order valence-corrected chi connectivity index (χ4v) is 1.72. The number of aryl methyl sites for hydroxylation is 2. The van der Waals surface area contributed by atoms with Gasteiger partial charge in [0, 0.05) is 24.5 Å². The highest BCUT2D eigenvalue weighted by Crippen LogP contribution is 2.24. The second-order valence-electron chi connectivity index (χ2n) is 3.67. The van der Waals surface area contributed by atoms with Crippen LogP contribution in [0.5, 0.6) is 0 Å². The van der Waals surface area contributed by atoms with E-state index in [2.05, 4.69) is 44.7 Å². The highest BCUT2D eigenvalue weighted by Gasteiger charge is 2.05. The van der Waals surface area contributed by atoms with Crippen molar-refractivity contribution < 1.29 is 0 Å². The molecule has 1 aromatic carbocycles. The van der Waals surface area contributed by atoms with Crippen LogP contribution in [0.25, 0.3) is 0 Å². The van der Waals surface area contributed by atoms with Gasteiger partial charge in [-0.15, -0.1) is 0 Å². The van der Waals surface area contributed by atoms with Crippen molar-refractivity contribution in [2.24, 2.45) is 0 Å². The van der Waals surface area contributed by atoms with E-state index in [1.165, 1.54) is 16.8 Å². The first-order chi connectivity index (χ1) is 6.60. The minimum Gasteiger partial charge on any atom is -0.398 e. The molecule has 0 aliphatic carbocycles. The maximum atomic E-state index is 5.92. The molecule has 2 nitrogen and oxygen atoms in total. The molecule has 0 aliphatic heterocycles. The van der Waals surface area contributed by atoms with Crippen molar-refractivity contribution in [3.8, 4) is 0 Å². The van der Waals surface area contributed by atoms with Crippen LogP contribution < -0.4 is 10.6 Å². The highest BCUT2D eigenvalue weighted by atomic mass is 15.1. The lowest BCUT2D eigenvalue weighted by atomic mass is 10.1. The Morgan fingerprint density at radius 3 is 1.86 bits per heavy atom. The normalized spacial score (nSPS) is 10.3. The van der Waals surface area contributed by atoms with Gasteiger partial charge in [-0.25, -0.2) is 0 Å². The number of rotatable bonds is 3. The smallest absolute Gasteiger partial charge is 0.0374 e. The summed E-state index contributed by atoms with van der Waals surface area (Å²) in [6, 6.07) is 4.32. The monoisotopic (exact) mass is 192 g/mol. The second kappa shape index (κ2) is 4.36. The molecular weight excluding hydrogens is 172 g/mol. The minimum atomic E-state index is 0.918. The van der Waals surface area contributed by atoms with Crippen LogP contribution in [0.4, 0.5) is 11.4 Å². The van der Waals surface area contributed by atoms with Gasteiger partial charge >= 0.3 is 0 Å². The Morgan fingerprint density at radius 1 is 1.07 bits per heavy atom. The van der Waals surface area contributed by atoms with Gasteiger partial charge in [0.05, 0.1) is 0 Å². The number of nitrogens with zero attached hydrogens (tertiary/aromatic N) is 1. The average molecular weight is 192 g/mol. The van der Waals surface area contributed by atoms with Crippen LogP contribution in [-0.2, 0) is 0 Å². The van der Waals surface area contributed by atoms with Crippen LogP contribution in [-0.4, -0.2) is 13.1 Å². The van der Waals surface area contributed by atoms with Crippen molar-refractivity contribution in [1.82, 2.24) is 0 Å². The Labute approximate surface area is 86.7 Å². The molecule has 0 spiro atoms. The van der Waals surface area contributed by atoms with Gasteiger partial charge in [-0.1, -0.05) is 0 Å². The lowest BCUT2D eigenvalue weighted by molar-refractivity contribution is 0.865. The predicted octanol–water partition coefficient (Wildman–Crippen LogP) is 2.73. The lowest BCUT2D eigenvalue weighted by Gasteiger charge is -2.22. The third kappa shape index (κ3) is 2.00. The number of hydrogen-bond donors (Lipinski definition) is 1. The molecule has 0 atom stereocenters. The maximum absolute atomic E-state index is 5.92. The van der Waals surface area contributed by atoms with Gasteiger partial charge < -0.3 is 10.6 Å². The van der Waals surface area contributed by atoms with E-state index in [1.54, 1.807) is 0 Å². The van der Waals surface area contributed by atoms with Crippen molar-refractivity contribution >= 4 is 11.4 Å². The van der Waals surface area contributed by atoms with Crippen molar-refractivity contribution in [2.75, 3.05) is 23.7 Å². The van der Waals surface area contributed by atoms with Gasteiger partial charge in [-0.05, 0) is 51.0 Å². The molecule has 14 heavy (non-hydrogen) atoms. The van der Waals surface area contributed by atoms with E-state index in [0.29, 0.717) is 0 Å². The van der Waals surface area contributed by atoms with Crippen molar-refractivity contribution in [1.29, 1.82) is 0 Å². The van der Waals surface area contributed by atoms with Gasteiger partial charge in [0.1, 0.15) is 0 Å². The van der Waals surface area contributed by atoms with E-state index < -0.39 is 0 Å². The molecule has 0 aromatic heterocycles. The first-order valence-corrected chi connectivity index (χ1v) is 5.21. The van der Waals surface area contributed by atoms with Crippen LogP contribution in [0.2, 0.25) is 0 Å². The Hall–Kier alpha value is -1.18. The zero-order valence-corrected chi connectivity index (χ0v) is 9.59. The third-order valence-electron chi connectivity index (χ3n) is 2.71. The molecule has 0 saturated carbocycles. The van der Waals surface area contributed by atoms with Gasteiger partial charge in [-0.3, -0.25) is 0 Å². The molecule has 0 saturated heterocycles. The zero-order valence-electron chi connectivity index (χ0n) is 9.59. The van der Waals surface area contributed by atoms with E-state index in [4.69, 9.17) is 5.73 Å². The van der Waals surface area contributed by atoms with Crippen LogP contribution >= 0.6 is 0 Å². The molecule has 0 amide bonds. The molecule has 1 rings (SSSR count). The molecule has 0 radical (unpaired) electrons. The SMILES string of the molecule is CCN(CC)c1cc(C)c(N)c(C)c1. The Kier molecular flexibility index (Phi) is 3.39. The average Bonchev–Trinajstić information content (AvgIpc) is 2.16. The summed E-state index contributed by atoms with van der Waals surface area (Å²) in [5.74, 6) is 0. The van der Waals surface area contributed by atoms with E-state index in [0.717, 1.165) is 18.8 Å². The number of nitrogens with two attached hydrogens (primary N) is 1. The van der Waals surface area contributed by atoms with Crippen molar-refractivity contribution in [2.45, 2.75) is 27.7 Å². The largest absolute Gasteiger partial charge is 0.398 e. The van der Waals surface area contributed by atoms with Crippen LogP contribution in [0, 0.1) is 13.8 Å². The Bertz CT molecular complexity index is 291. The summed E-state index contributed by atoms with van der Waals surface area (Å²) < 4.78 is 0. The van der Waals surface area contributed by atoms with Crippen LogP contribution in [0.3, 0.4) is 0 Å². The summed E-state index contributed by atoms with van der Waals surface area (Å²) in [6.45, 7) is 10.6. The first-order valence-electron chi connectivity index (χ1n) is 5.21. The second-order valence-corrected chi connectivity index (χ2v) is 3.67. The minimum absolute atomic E-state index is 0.918. The molecule has 0 unspecified atom stereocenters. The van der Waals surface area contributed by atoms with E-state index in [9.17, 15) is 0 Å². The lowest BCUT2D eigenvalue weighted by Crippen LogP contribution is -2.22. The third-order valence-corrected chi connectivity index (χ3v) is 2.71. The van der Waals surface area contributed by atoms with Crippen molar-refractivity contribution in [3.05, 3.63) is 23.3 Å². The summed E-state index contributed by atoms with van der Waals surface area (Å²) in [7, 11) is 0. The summed E-state index contributed by atoms with van der Waals surface area (Å²) in [5.41, 5.74) is 10.5. The molecule has 0 aliphatic rings. The van der Waals surface area contributed by atoms with Gasteiger partial charge in [-0.2, -0.15) is 0 Å². The summed E-state index contributed by atoms with van der Waals surface area (Å²) >= 11 is 0. The molecule has 0 heterocycles. The quantitative estimate of drug-likeness (QED) is 0.746. The molecule has 1 aromatic rings. The maximum Gasteiger partial charge on any atom is 0.0374 e. The molecular formula is C12H20N2. The number of anilines is 2. The predicted molar refractivity (Wildman–Crippen MR) is 63.9 cm³/mol. The number of nitrogen functional groups attached to an aromatic ring is 1. The number of benzene rings is 1. The Morgan fingerprint density at radius 2 is 1.50 bits per heavy atom. The molecule has 2 N–H and O–H groups in total. The fraction of sp³-hybridized carbons (Fsp3) is 0.500. The number of hydrogen-bond acceptors (Lipinski definition) is 2. The summed E-state index contributed by atoms with van der Waals surface area (Å²) in [4.78, 5) is 2.33. The zero-order chi connectivity index (χ0) is 10.7. The van der Waals surface area contributed by atoms with Crippen LogP contribution in [0.15, 0.2) is 12.1 Å². The molecule has 78 valence electrons. The fourth-order valence-electron chi connectivity index (χ4n) is 1.72. The van der Waals surface area contributed by atoms with E-state index in [-0.39, 0.29) is 0 Å². The topological polar surface area (TPSA) is 29.3 Å². The van der Waals surface area contributed by atoms with Gasteiger partial charge in [0.2, 0.25) is 0 Å². The van der Waals surface area contributed by atoms with Crippen molar-refractivity contribution in [3.63, 3.8) is 0 Å². The molecule has 2 heteroatoms. The standard InChI is InChI=1S/C12H20N2/c1-5-14(6-2)11-7-9(3)12(13)10(4)8-11/h7-8H,5-6,13H2,1-4H3. The first kappa shape index (κ1) is 10.9. The summed E-state index contributed by atoms with van der Waals surface area (Å²) in [6.07, 6.45) is 0. The van der Waals surface area contributed by atoms with Gasteiger partial charge in [0.15, 0.2) is 0 Å². The Balaban J connectivity index is 3.11. The molecule has 0 fully saturated rings. The summed E-state index contributed by atoms with van der Waals surface area (Å²) in [5, 5.41) is 0.